The molecule has 0 aromatic carbocycles. The van der Waals surface area contributed by atoms with E-state index < -0.39 is 5.97 Å². The number of rotatable bonds is 1. The Balaban J connectivity index is 2.75. The van der Waals surface area contributed by atoms with Crippen LogP contribution in [0.1, 0.15) is 19.8 Å². The molecule has 0 aliphatic heterocycles. The number of hydrogen-bond acceptors (Lipinski definition) is 3. The van der Waals surface area contributed by atoms with Crippen molar-refractivity contribution in [1.82, 2.24) is 0 Å². The molecule has 0 spiro atoms. The molecule has 0 aromatic rings. The third-order valence-corrected chi connectivity index (χ3v) is 2.07. The van der Waals surface area contributed by atoms with Crippen LogP contribution >= 0.6 is 15.9 Å². The molecule has 60 valence electrons. The summed E-state index contributed by atoms with van der Waals surface area (Å²) in [6.07, 6.45) is 1.07. The van der Waals surface area contributed by atoms with Gasteiger partial charge >= 0.3 is 5.97 Å². The Morgan fingerprint density at radius 3 is 2.55 bits per heavy atom. The fourth-order valence-electron chi connectivity index (χ4n) is 0.858. The van der Waals surface area contributed by atoms with E-state index in [0.717, 1.165) is 0 Å². The summed E-state index contributed by atoms with van der Waals surface area (Å²) in [5.74, 6) is -0.378. The first-order valence-corrected chi connectivity index (χ1v) is 4.01. The van der Waals surface area contributed by atoms with Gasteiger partial charge in [0.1, 0.15) is 0 Å². The highest BCUT2D eigenvalue weighted by Gasteiger charge is 2.24. The number of ketones is 1. The monoisotopic (exact) mass is 218 g/mol. The summed E-state index contributed by atoms with van der Waals surface area (Å²) in [6.45, 7) is 1.28. The average molecular weight is 219 g/mol. The van der Waals surface area contributed by atoms with E-state index in [1.807, 2.05) is 0 Å². The van der Waals surface area contributed by atoms with E-state index in [2.05, 4.69) is 20.7 Å². The topological polar surface area (TPSA) is 43.4 Å². The van der Waals surface area contributed by atoms with Gasteiger partial charge in [-0.2, -0.15) is 0 Å². The zero-order valence-corrected chi connectivity index (χ0v) is 7.60. The number of ether oxygens (including phenoxy) is 1. The second-order valence-corrected chi connectivity index (χ2v) is 3.21. The molecule has 3 nitrogen and oxygen atoms in total. The van der Waals surface area contributed by atoms with Gasteiger partial charge in [0.25, 0.3) is 0 Å². The van der Waals surface area contributed by atoms with Gasteiger partial charge in [-0.15, -0.1) is 0 Å². The largest absolute Gasteiger partial charge is 0.422 e. The lowest BCUT2D eigenvalue weighted by Gasteiger charge is -1.99. The van der Waals surface area contributed by atoms with E-state index in [1.54, 1.807) is 0 Å². The molecule has 0 radical (unpaired) electrons. The second kappa shape index (κ2) is 3.17. The minimum atomic E-state index is -0.452. The summed E-state index contributed by atoms with van der Waals surface area (Å²) in [6, 6.07) is 0. The second-order valence-electron chi connectivity index (χ2n) is 2.25. The number of carbonyl (C=O) groups excluding carboxylic acids is 2. The van der Waals surface area contributed by atoms with Crippen LogP contribution in [0.2, 0.25) is 0 Å². The quantitative estimate of drug-likeness (QED) is 0.628. The maximum absolute atomic E-state index is 11.0. The van der Waals surface area contributed by atoms with Crippen molar-refractivity contribution < 1.29 is 14.3 Å². The van der Waals surface area contributed by atoms with Gasteiger partial charge < -0.3 is 4.74 Å². The van der Waals surface area contributed by atoms with Crippen molar-refractivity contribution in [2.75, 3.05) is 0 Å². The van der Waals surface area contributed by atoms with Gasteiger partial charge in [0.05, 0.1) is 0 Å². The van der Waals surface area contributed by atoms with Gasteiger partial charge in [-0.3, -0.25) is 9.59 Å². The van der Waals surface area contributed by atoms with Crippen molar-refractivity contribution in [3.8, 4) is 0 Å². The van der Waals surface area contributed by atoms with E-state index in [9.17, 15) is 9.59 Å². The van der Waals surface area contributed by atoms with Crippen molar-refractivity contribution in [2.24, 2.45) is 0 Å². The third kappa shape index (κ3) is 1.89. The lowest BCUT2D eigenvalue weighted by molar-refractivity contribution is -0.139. The van der Waals surface area contributed by atoms with Gasteiger partial charge in [-0.1, -0.05) is 15.9 Å². The Morgan fingerprint density at radius 2 is 2.18 bits per heavy atom. The molecular weight excluding hydrogens is 212 g/mol. The molecular formula is C7H7BrO3. The van der Waals surface area contributed by atoms with Crippen LogP contribution in [0.3, 0.4) is 0 Å². The van der Waals surface area contributed by atoms with E-state index in [4.69, 9.17) is 0 Å². The van der Waals surface area contributed by atoms with Crippen molar-refractivity contribution in [2.45, 2.75) is 19.8 Å². The Labute approximate surface area is 72.5 Å². The maximum atomic E-state index is 11.0. The van der Waals surface area contributed by atoms with Crippen LogP contribution < -0.4 is 0 Å². The molecule has 0 bridgehead atoms. The fourth-order valence-corrected chi connectivity index (χ4v) is 1.36. The van der Waals surface area contributed by atoms with Gasteiger partial charge in [0.2, 0.25) is 0 Å². The summed E-state index contributed by atoms with van der Waals surface area (Å²) >= 11 is 3.16. The fraction of sp³-hybridized carbons (Fsp3) is 0.429. The standard InChI is InChI=1S/C7H7BrO3/c1-4(9)11-7-5(8)2-3-6(7)10/h2-3H2,1H3. The number of Topliss-reactive ketones (excluding diaryl/α,β-unsaturated/α-hetero) is 1. The minimum Gasteiger partial charge on any atom is -0.422 e. The minimum absolute atomic E-state index is 0.105. The number of esters is 1. The first-order valence-electron chi connectivity index (χ1n) is 3.21. The molecule has 0 unspecified atom stereocenters. The van der Waals surface area contributed by atoms with E-state index >= 15 is 0 Å². The van der Waals surface area contributed by atoms with Crippen LogP contribution in [0.5, 0.6) is 0 Å². The predicted molar refractivity (Wildman–Crippen MR) is 42.0 cm³/mol. The van der Waals surface area contributed by atoms with Crippen molar-refractivity contribution in [3.05, 3.63) is 10.2 Å². The molecule has 0 amide bonds. The number of carbonyl (C=O) groups is 2. The van der Waals surface area contributed by atoms with Crippen LogP contribution in [0, 0.1) is 0 Å². The normalized spacial score (nSPS) is 17.5. The predicted octanol–water partition coefficient (Wildman–Crippen LogP) is 1.52. The molecule has 0 atom stereocenters. The summed E-state index contributed by atoms with van der Waals surface area (Å²) < 4.78 is 5.37. The van der Waals surface area contributed by atoms with Crippen LogP contribution in [-0.4, -0.2) is 11.8 Å². The SMILES string of the molecule is CC(=O)OC1=C(Br)CCC1=O. The van der Waals surface area contributed by atoms with E-state index in [0.29, 0.717) is 17.3 Å². The van der Waals surface area contributed by atoms with Gasteiger partial charge in [-0.05, 0) is 6.42 Å². The Kier molecular flexibility index (Phi) is 2.44. The molecule has 1 rings (SSSR count). The molecule has 4 heteroatoms. The van der Waals surface area contributed by atoms with Crippen molar-refractivity contribution >= 4 is 27.7 Å². The third-order valence-electron chi connectivity index (χ3n) is 1.32. The first-order chi connectivity index (χ1) is 5.11. The molecule has 1 aliphatic rings. The molecule has 0 fully saturated rings. The molecule has 0 saturated carbocycles. The zero-order chi connectivity index (χ0) is 8.43. The van der Waals surface area contributed by atoms with E-state index in [-0.39, 0.29) is 11.5 Å². The van der Waals surface area contributed by atoms with Crippen molar-refractivity contribution in [3.63, 3.8) is 0 Å². The lowest BCUT2D eigenvalue weighted by Crippen LogP contribution is -2.05. The zero-order valence-electron chi connectivity index (χ0n) is 6.02. The van der Waals surface area contributed by atoms with Crippen LogP contribution in [0.15, 0.2) is 10.2 Å². The number of allylic oxidation sites excluding steroid dienone is 2. The summed E-state index contributed by atoms with van der Waals surface area (Å²) in [4.78, 5) is 21.4. The van der Waals surface area contributed by atoms with Crippen molar-refractivity contribution in [1.29, 1.82) is 0 Å². The lowest BCUT2D eigenvalue weighted by atomic mass is 10.3. The van der Waals surface area contributed by atoms with Gasteiger partial charge in [0, 0.05) is 17.8 Å². The summed E-state index contributed by atoms with van der Waals surface area (Å²) in [7, 11) is 0. The molecule has 0 saturated heterocycles. The summed E-state index contributed by atoms with van der Waals surface area (Å²) in [5.41, 5.74) is 0. The van der Waals surface area contributed by atoms with Gasteiger partial charge in [-0.25, -0.2) is 0 Å². The smallest absolute Gasteiger partial charge is 0.308 e. The Hall–Kier alpha value is -0.640. The number of hydrogen-bond donors (Lipinski definition) is 0. The van der Waals surface area contributed by atoms with Crippen LogP contribution in [0.25, 0.3) is 0 Å². The highest BCUT2D eigenvalue weighted by molar-refractivity contribution is 9.11. The molecule has 0 heterocycles. The number of halogens is 1. The van der Waals surface area contributed by atoms with Gasteiger partial charge in [0.15, 0.2) is 11.5 Å². The highest BCUT2D eigenvalue weighted by atomic mass is 79.9. The molecule has 1 aliphatic carbocycles. The Bertz CT molecular complexity index is 242. The average Bonchev–Trinajstić information content (AvgIpc) is 2.18. The van der Waals surface area contributed by atoms with Crippen LogP contribution in [0.4, 0.5) is 0 Å². The molecule has 0 aromatic heterocycles. The summed E-state index contributed by atoms with van der Waals surface area (Å²) in [5, 5.41) is 0. The highest BCUT2D eigenvalue weighted by Crippen LogP contribution is 2.28. The molecule has 0 N–H and O–H groups in total. The molecule has 11 heavy (non-hydrogen) atoms. The maximum Gasteiger partial charge on any atom is 0.308 e. The van der Waals surface area contributed by atoms with Crippen LogP contribution in [-0.2, 0) is 14.3 Å². The first kappa shape index (κ1) is 8.46. The van der Waals surface area contributed by atoms with E-state index in [1.165, 1.54) is 6.92 Å². The Morgan fingerprint density at radius 1 is 1.55 bits per heavy atom.